The third kappa shape index (κ3) is 6.28. The average molecular weight is 613 g/mol. The minimum atomic E-state index is -4.64. The first-order valence-electron chi connectivity index (χ1n) is 14.3. The maximum Gasteiger partial charge on any atom is 0.419 e. The van der Waals surface area contributed by atoms with Gasteiger partial charge in [-0.2, -0.15) is 13.2 Å². The number of hydrogen-bond acceptors (Lipinski definition) is 8. The predicted molar refractivity (Wildman–Crippen MR) is 159 cm³/mol. The highest BCUT2D eigenvalue weighted by Gasteiger charge is 2.40. The van der Waals surface area contributed by atoms with Crippen molar-refractivity contribution in [3.05, 3.63) is 65.0 Å². The molecular weight excluding hydrogens is 577 g/mol. The normalized spacial score (nSPS) is 16.0. The van der Waals surface area contributed by atoms with Gasteiger partial charge in [0.2, 0.25) is 17.8 Å². The van der Waals surface area contributed by atoms with Crippen molar-refractivity contribution in [1.82, 2.24) is 14.9 Å². The molecule has 5 rings (SSSR count). The number of halogens is 3. The largest absolute Gasteiger partial charge is 0.494 e. The van der Waals surface area contributed by atoms with Gasteiger partial charge in [-0.1, -0.05) is 12.1 Å². The number of aryl methyl sites for hydroxylation is 2. The van der Waals surface area contributed by atoms with Gasteiger partial charge in [0.05, 0.1) is 29.5 Å². The van der Waals surface area contributed by atoms with E-state index in [4.69, 9.17) is 9.47 Å². The van der Waals surface area contributed by atoms with Crippen LogP contribution in [0.4, 0.5) is 36.2 Å². The topological polar surface area (TPSA) is 109 Å². The van der Waals surface area contributed by atoms with Crippen LogP contribution in [0.3, 0.4) is 0 Å². The van der Waals surface area contributed by atoms with Gasteiger partial charge < -0.3 is 29.9 Å². The minimum absolute atomic E-state index is 0.000199. The van der Waals surface area contributed by atoms with E-state index in [-0.39, 0.29) is 42.9 Å². The molecule has 1 fully saturated rings. The van der Waals surface area contributed by atoms with Gasteiger partial charge >= 0.3 is 6.18 Å². The number of nitrogens with one attached hydrogen (secondary N) is 2. The lowest BCUT2D eigenvalue weighted by Gasteiger charge is -2.36. The Morgan fingerprint density at radius 1 is 1.09 bits per heavy atom. The highest BCUT2D eigenvalue weighted by Crippen LogP contribution is 2.40. The van der Waals surface area contributed by atoms with Crippen LogP contribution >= 0.6 is 0 Å². The third-order valence-corrected chi connectivity index (χ3v) is 8.09. The number of carbonyl (C=O) groups excluding carboxylic acids is 2. The highest BCUT2D eigenvalue weighted by molar-refractivity contribution is 6.06. The van der Waals surface area contributed by atoms with Crippen LogP contribution in [0, 0.1) is 0 Å². The molecule has 10 nitrogen and oxygen atoms in total. The Morgan fingerprint density at radius 3 is 2.52 bits per heavy atom. The average Bonchev–Trinajstić information content (AvgIpc) is 3.23. The van der Waals surface area contributed by atoms with Crippen LogP contribution in [0.1, 0.15) is 36.2 Å². The Balaban J connectivity index is 1.34. The summed E-state index contributed by atoms with van der Waals surface area (Å²) >= 11 is 0. The summed E-state index contributed by atoms with van der Waals surface area (Å²) in [4.78, 5) is 36.7. The summed E-state index contributed by atoms with van der Waals surface area (Å²) < 4.78 is 52.4. The number of alkyl halides is 3. The number of nitrogens with zero attached hydrogens (tertiary/aromatic N) is 4. The summed E-state index contributed by atoms with van der Waals surface area (Å²) in [5.74, 6) is 0.261. The molecule has 13 heteroatoms. The second-order valence-corrected chi connectivity index (χ2v) is 11.3. The Labute approximate surface area is 253 Å². The van der Waals surface area contributed by atoms with Crippen LogP contribution in [0.5, 0.6) is 5.75 Å². The molecule has 0 spiro atoms. The first-order chi connectivity index (χ1) is 20.9. The minimum Gasteiger partial charge on any atom is -0.494 e. The van der Waals surface area contributed by atoms with Crippen molar-refractivity contribution >= 4 is 34.8 Å². The van der Waals surface area contributed by atoms with Crippen LogP contribution in [0.25, 0.3) is 0 Å². The van der Waals surface area contributed by atoms with Crippen LogP contribution in [0.15, 0.2) is 42.6 Å². The number of benzene rings is 2. The lowest BCUT2D eigenvalue weighted by Crippen LogP contribution is -2.49. The van der Waals surface area contributed by atoms with E-state index in [1.807, 2.05) is 18.2 Å². The van der Waals surface area contributed by atoms with E-state index in [0.717, 1.165) is 23.0 Å². The quantitative estimate of drug-likeness (QED) is 0.362. The number of aromatic nitrogens is 2. The zero-order valence-corrected chi connectivity index (χ0v) is 25.0. The molecule has 3 aromatic rings. The summed E-state index contributed by atoms with van der Waals surface area (Å²) in [5, 5.41) is 5.87. The van der Waals surface area contributed by atoms with Gasteiger partial charge in [-0.05, 0) is 56.0 Å². The first kappa shape index (κ1) is 31.0. The summed E-state index contributed by atoms with van der Waals surface area (Å²) in [7, 11) is 2.99. The van der Waals surface area contributed by atoms with Crippen molar-refractivity contribution in [2.45, 2.75) is 38.3 Å². The molecule has 0 saturated carbocycles. The lowest BCUT2D eigenvalue weighted by atomic mass is 9.82. The van der Waals surface area contributed by atoms with Crippen LogP contribution in [-0.4, -0.2) is 73.7 Å². The fourth-order valence-corrected chi connectivity index (χ4v) is 5.73. The molecule has 0 atom stereocenters. The summed E-state index contributed by atoms with van der Waals surface area (Å²) in [5.41, 5.74) is 1.76. The van der Waals surface area contributed by atoms with E-state index in [1.165, 1.54) is 14.2 Å². The van der Waals surface area contributed by atoms with Gasteiger partial charge in [-0.3, -0.25) is 9.59 Å². The number of carbonyl (C=O) groups is 2. The van der Waals surface area contributed by atoms with Crippen molar-refractivity contribution in [3.63, 3.8) is 0 Å². The Kier molecular flexibility index (Phi) is 8.69. The zero-order chi connectivity index (χ0) is 31.6. The van der Waals surface area contributed by atoms with Crippen molar-refractivity contribution in [3.8, 4) is 5.75 Å². The number of rotatable bonds is 9. The fraction of sp³-hybridized carbons (Fsp3) is 0.419. The number of anilines is 4. The van der Waals surface area contributed by atoms with Crippen molar-refractivity contribution < 1.29 is 32.2 Å². The molecule has 2 aliphatic heterocycles. The number of fused-ring (bicyclic) bond motifs is 1. The lowest BCUT2D eigenvalue weighted by molar-refractivity contribution is -0.138. The molecule has 2 aliphatic rings. The summed E-state index contributed by atoms with van der Waals surface area (Å²) in [6.45, 7) is 6.02. The predicted octanol–water partition coefficient (Wildman–Crippen LogP) is 4.56. The van der Waals surface area contributed by atoms with Crippen molar-refractivity contribution in [2.75, 3.05) is 62.5 Å². The Hall–Kier alpha value is -4.39. The van der Waals surface area contributed by atoms with E-state index < -0.39 is 17.2 Å². The Bertz CT molecular complexity index is 1550. The first-order valence-corrected chi connectivity index (χ1v) is 14.3. The third-order valence-electron chi connectivity index (χ3n) is 8.09. The monoisotopic (exact) mass is 612 g/mol. The molecule has 0 unspecified atom stereocenters. The molecule has 0 aliphatic carbocycles. The summed E-state index contributed by atoms with van der Waals surface area (Å²) in [6, 6.07) is 10.9. The molecule has 1 aromatic heterocycles. The molecule has 2 N–H and O–H groups in total. The van der Waals surface area contributed by atoms with Gasteiger partial charge in [0, 0.05) is 56.9 Å². The standard InChI is InChI=1S/C31H35F3N6O4/c1-30(2)27-19(6-5-7-24(27)36-28(30)42)8-10-22-21(31(32,33)34)17-35-29(37-22)38-23-11-9-20(16-25(23)44-4)39-12-14-40(15-13-39)26(41)18-43-3/h5-7,9,11,16-17H,8,10,12-15,18H2,1-4H3,(H,36,42)(H,35,37,38). The van der Waals surface area contributed by atoms with Gasteiger partial charge in [-0.15, -0.1) is 0 Å². The van der Waals surface area contributed by atoms with Gasteiger partial charge in [-0.25, -0.2) is 9.97 Å². The van der Waals surface area contributed by atoms with Crippen LogP contribution < -0.4 is 20.3 Å². The van der Waals surface area contributed by atoms with Gasteiger partial charge in [0.25, 0.3) is 0 Å². The Morgan fingerprint density at radius 2 is 1.84 bits per heavy atom. The van der Waals surface area contributed by atoms with E-state index in [0.29, 0.717) is 43.3 Å². The van der Waals surface area contributed by atoms with E-state index >= 15 is 0 Å². The number of hydrogen-bond donors (Lipinski definition) is 2. The molecular formula is C31H35F3N6O4. The molecule has 44 heavy (non-hydrogen) atoms. The van der Waals surface area contributed by atoms with Gasteiger partial charge in [0.15, 0.2) is 0 Å². The number of ether oxygens (including phenoxy) is 2. The van der Waals surface area contributed by atoms with Gasteiger partial charge in [0.1, 0.15) is 12.4 Å². The second-order valence-electron chi connectivity index (χ2n) is 11.3. The summed E-state index contributed by atoms with van der Waals surface area (Å²) in [6.07, 6.45) is -3.60. The van der Waals surface area contributed by atoms with Crippen molar-refractivity contribution in [1.29, 1.82) is 0 Å². The molecule has 0 radical (unpaired) electrons. The molecule has 234 valence electrons. The smallest absolute Gasteiger partial charge is 0.419 e. The van der Waals surface area contributed by atoms with Crippen LogP contribution in [-0.2, 0) is 38.8 Å². The molecule has 2 aromatic carbocycles. The zero-order valence-electron chi connectivity index (χ0n) is 25.0. The van der Waals surface area contributed by atoms with E-state index in [1.54, 1.807) is 36.9 Å². The number of piperazine rings is 1. The van der Waals surface area contributed by atoms with Crippen LogP contribution in [0.2, 0.25) is 0 Å². The maximum absolute atomic E-state index is 14.0. The number of amides is 2. The molecule has 2 amide bonds. The molecule has 1 saturated heterocycles. The fourth-order valence-electron chi connectivity index (χ4n) is 5.73. The molecule has 0 bridgehead atoms. The SMILES string of the molecule is COCC(=O)N1CCN(c2ccc(Nc3ncc(C(F)(F)F)c(CCc4cccc5c4C(C)(C)C(=O)N5)n3)c(OC)c2)CC1. The van der Waals surface area contributed by atoms with E-state index in [9.17, 15) is 22.8 Å². The van der Waals surface area contributed by atoms with Crippen molar-refractivity contribution in [2.24, 2.45) is 0 Å². The highest BCUT2D eigenvalue weighted by atomic mass is 19.4. The number of methoxy groups -OCH3 is 2. The second kappa shape index (κ2) is 12.3. The molecule has 3 heterocycles. The van der Waals surface area contributed by atoms with E-state index in [2.05, 4.69) is 25.5 Å². The maximum atomic E-state index is 14.0.